The summed E-state index contributed by atoms with van der Waals surface area (Å²) in [7, 11) is 0. The third kappa shape index (κ3) is 4.89. The van der Waals surface area contributed by atoms with Crippen LogP contribution in [0.4, 0.5) is 0 Å². The molecule has 0 radical (unpaired) electrons. The van der Waals surface area contributed by atoms with Gasteiger partial charge in [0.15, 0.2) is 5.82 Å². The first-order valence-electron chi connectivity index (χ1n) is 16.7. The molecule has 0 unspecified atom stereocenters. The van der Waals surface area contributed by atoms with Crippen molar-refractivity contribution in [3.63, 3.8) is 0 Å². The van der Waals surface area contributed by atoms with E-state index in [9.17, 15) is 0 Å². The summed E-state index contributed by atoms with van der Waals surface area (Å²) >= 11 is 1.94. The summed E-state index contributed by atoms with van der Waals surface area (Å²) in [5.41, 5.74) is 12.1. The second kappa shape index (κ2) is 11.7. The van der Waals surface area contributed by atoms with E-state index in [1.54, 1.807) is 0 Å². The van der Waals surface area contributed by atoms with Crippen molar-refractivity contribution in [2.24, 2.45) is 0 Å². The van der Waals surface area contributed by atoms with E-state index in [1.807, 2.05) is 23.9 Å². The van der Waals surface area contributed by atoms with Gasteiger partial charge in [0.2, 0.25) is 0 Å². The average molecular weight is 623 g/mol. The number of fused-ring (bicyclic) bond motifs is 5. The molecule has 1 fully saturated rings. The van der Waals surface area contributed by atoms with Gasteiger partial charge >= 0.3 is 0 Å². The van der Waals surface area contributed by atoms with Crippen molar-refractivity contribution in [2.75, 3.05) is 0 Å². The van der Waals surface area contributed by atoms with E-state index in [4.69, 9.17) is 9.97 Å². The normalized spacial score (nSPS) is 14.9. The number of benzene rings is 6. The van der Waals surface area contributed by atoms with Gasteiger partial charge in [-0.2, -0.15) is 0 Å². The van der Waals surface area contributed by atoms with E-state index >= 15 is 0 Å². The van der Waals surface area contributed by atoms with E-state index < -0.39 is 0 Å². The molecule has 0 atom stereocenters. The Balaban J connectivity index is 1.10. The van der Waals surface area contributed by atoms with E-state index in [0.29, 0.717) is 0 Å². The Morgan fingerprint density at radius 1 is 0.468 bits per heavy atom. The van der Waals surface area contributed by atoms with E-state index in [0.717, 1.165) is 44.7 Å². The minimum Gasteiger partial charge on any atom is -0.228 e. The lowest BCUT2D eigenvalue weighted by molar-refractivity contribution is 0.335. The summed E-state index contributed by atoms with van der Waals surface area (Å²) in [6, 6.07) is 52.6. The number of nitrogens with zero attached hydrogens (tertiary/aromatic N) is 2. The second-order valence-electron chi connectivity index (χ2n) is 12.9. The van der Waals surface area contributed by atoms with Crippen LogP contribution < -0.4 is 0 Å². The maximum absolute atomic E-state index is 5.18. The highest BCUT2D eigenvalue weighted by Crippen LogP contribution is 2.56. The van der Waals surface area contributed by atoms with Crippen LogP contribution in [-0.4, -0.2) is 9.97 Å². The molecule has 2 heterocycles. The fraction of sp³-hybridized carbons (Fsp3) is 0.136. The van der Waals surface area contributed by atoms with Crippen molar-refractivity contribution in [1.29, 1.82) is 0 Å². The van der Waals surface area contributed by atoms with Crippen LogP contribution in [0, 0.1) is 0 Å². The zero-order chi connectivity index (χ0) is 31.2. The van der Waals surface area contributed by atoms with Gasteiger partial charge in [0, 0.05) is 31.7 Å². The molecule has 0 saturated heterocycles. The Kier molecular flexibility index (Phi) is 7.01. The van der Waals surface area contributed by atoms with Gasteiger partial charge in [-0.1, -0.05) is 152 Å². The molecule has 0 amide bonds. The Bertz CT molecular complexity index is 2250. The first-order valence-corrected chi connectivity index (χ1v) is 17.5. The van der Waals surface area contributed by atoms with Gasteiger partial charge in [-0.05, 0) is 70.5 Å². The zero-order valence-electron chi connectivity index (χ0n) is 26.2. The van der Waals surface area contributed by atoms with Gasteiger partial charge in [-0.25, -0.2) is 9.97 Å². The molecule has 3 heteroatoms. The molecule has 226 valence electrons. The zero-order valence-corrected chi connectivity index (χ0v) is 27.0. The lowest BCUT2D eigenvalue weighted by atomic mass is 9.65. The highest BCUT2D eigenvalue weighted by Gasteiger charge is 2.41. The summed E-state index contributed by atoms with van der Waals surface area (Å²) in [5, 5.41) is 1.06. The van der Waals surface area contributed by atoms with Crippen LogP contribution in [0.25, 0.3) is 55.8 Å². The summed E-state index contributed by atoms with van der Waals surface area (Å²) in [6.45, 7) is 0. The molecule has 0 bridgehead atoms. The van der Waals surface area contributed by atoms with Crippen molar-refractivity contribution in [2.45, 2.75) is 47.3 Å². The molecule has 6 aromatic carbocycles. The number of aromatic nitrogens is 2. The average Bonchev–Trinajstić information content (AvgIpc) is 3.15. The second-order valence-corrected chi connectivity index (χ2v) is 13.9. The topological polar surface area (TPSA) is 25.8 Å². The van der Waals surface area contributed by atoms with Crippen LogP contribution in [0.5, 0.6) is 0 Å². The minimum absolute atomic E-state index is 0.128. The molecule has 9 rings (SSSR count). The lowest BCUT2D eigenvalue weighted by Crippen LogP contribution is -2.33. The highest BCUT2D eigenvalue weighted by atomic mass is 32.2. The highest BCUT2D eigenvalue weighted by molar-refractivity contribution is 7.99. The standard InChI is InChI=1S/C44H34N2S/c1-3-13-32(14-4-1)42-36-17-7-9-19-39(36)45-43(46-42)35-16-6-5-15-34(35)31-23-21-30(22-24-31)33-25-26-41-38(29-33)44(27-11-2-12-28-44)37-18-8-10-20-40(37)47-41/h1,3-10,13-26,29H,2,11-12,27-28H2. The largest absolute Gasteiger partial charge is 0.228 e. The Hall–Kier alpha value is -4.99. The molecular weight excluding hydrogens is 589 g/mol. The van der Waals surface area contributed by atoms with Crippen LogP contribution >= 0.6 is 11.8 Å². The van der Waals surface area contributed by atoms with Crippen molar-refractivity contribution >= 4 is 22.7 Å². The SMILES string of the molecule is c1ccc(-c2nc(-c3ccccc3-c3ccc(-c4ccc5c(c4)C4(CCCCC4)c4ccccc4S5)cc3)nc3ccccc23)cc1. The van der Waals surface area contributed by atoms with Crippen LogP contribution in [0.1, 0.15) is 43.2 Å². The molecular formula is C44H34N2S. The molecule has 1 aliphatic heterocycles. The third-order valence-electron chi connectivity index (χ3n) is 10.2. The number of hydrogen-bond acceptors (Lipinski definition) is 3. The van der Waals surface area contributed by atoms with E-state index in [1.165, 1.54) is 64.1 Å². The van der Waals surface area contributed by atoms with Gasteiger partial charge in [-0.3, -0.25) is 0 Å². The molecule has 1 aliphatic carbocycles. The molecule has 1 aromatic heterocycles. The van der Waals surface area contributed by atoms with Crippen LogP contribution in [0.15, 0.2) is 155 Å². The fourth-order valence-corrected chi connectivity index (χ4v) is 9.12. The predicted molar refractivity (Wildman–Crippen MR) is 196 cm³/mol. The van der Waals surface area contributed by atoms with Crippen molar-refractivity contribution in [1.82, 2.24) is 9.97 Å². The maximum atomic E-state index is 5.18. The summed E-state index contributed by atoms with van der Waals surface area (Å²) in [5.74, 6) is 0.743. The monoisotopic (exact) mass is 622 g/mol. The first-order chi connectivity index (χ1) is 23.3. The fourth-order valence-electron chi connectivity index (χ4n) is 7.87. The van der Waals surface area contributed by atoms with Gasteiger partial charge in [-0.15, -0.1) is 0 Å². The van der Waals surface area contributed by atoms with Gasteiger partial charge in [0.1, 0.15) is 0 Å². The summed E-state index contributed by atoms with van der Waals surface area (Å²) < 4.78 is 0. The van der Waals surface area contributed by atoms with Crippen LogP contribution in [0.2, 0.25) is 0 Å². The first kappa shape index (κ1) is 28.3. The summed E-state index contributed by atoms with van der Waals surface area (Å²) in [6.07, 6.45) is 6.40. The lowest BCUT2D eigenvalue weighted by Gasteiger charge is -2.43. The molecule has 1 saturated carbocycles. The predicted octanol–water partition coefficient (Wildman–Crippen LogP) is 12.0. The van der Waals surface area contributed by atoms with Crippen molar-refractivity contribution in [3.8, 4) is 44.9 Å². The Labute approximate surface area is 280 Å². The molecule has 1 spiro atoms. The number of para-hydroxylation sites is 1. The molecule has 7 aromatic rings. The maximum Gasteiger partial charge on any atom is 0.161 e. The van der Waals surface area contributed by atoms with Gasteiger partial charge in [0.05, 0.1) is 11.2 Å². The van der Waals surface area contributed by atoms with Crippen molar-refractivity contribution < 1.29 is 0 Å². The third-order valence-corrected chi connectivity index (χ3v) is 11.3. The Morgan fingerprint density at radius 2 is 1.13 bits per heavy atom. The van der Waals surface area contributed by atoms with E-state index in [-0.39, 0.29) is 5.41 Å². The van der Waals surface area contributed by atoms with Crippen LogP contribution in [0.3, 0.4) is 0 Å². The molecule has 0 N–H and O–H groups in total. The molecule has 47 heavy (non-hydrogen) atoms. The quantitative estimate of drug-likeness (QED) is 0.195. The van der Waals surface area contributed by atoms with Crippen molar-refractivity contribution in [3.05, 3.63) is 157 Å². The summed E-state index contributed by atoms with van der Waals surface area (Å²) in [4.78, 5) is 13.1. The van der Waals surface area contributed by atoms with Crippen LogP contribution in [-0.2, 0) is 5.41 Å². The van der Waals surface area contributed by atoms with Gasteiger partial charge in [0.25, 0.3) is 0 Å². The molecule has 2 nitrogen and oxygen atoms in total. The Morgan fingerprint density at radius 3 is 1.98 bits per heavy atom. The number of rotatable bonds is 4. The molecule has 2 aliphatic rings. The van der Waals surface area contributed by atoms with E-state index in [2.05, 4.69) is 133 Å². The smallest absolute Gasteiger partial charge is 0.161 e. The number of hydrogen-bond donors (Lipinski definition) is 0. The van der Waals surface area contributed by atoms with Gasteiger partial charge < -0.3 is 0 Å². The minimum atomic E-state index is 0.128.